The lowest BCUT2D eigenvalue weighted by molar-refractivity contribution is 0.0536. The molecular formula is C18H36IN3O2. The van der Waals surface area contributed by atoms with E-state index in [1.807, 2.05) is 7.05 Å². The molecule has 0 bridgehead atoms. The van der Waals surface area contributed by atoms with Crippen LogP contribution in [0, 0.1) is 17.8 Å². The average molecular weight is 453 g/mol. The second-order valence-electron chi connectivity index (χ2n) is 7.12. The Morgan fingerprint density at radius 3 is 2.71 bits per heavy atom. The van der Waals surface area contributed by atoms with E-state index in [2.05, 4.69) is 22.1 Å². The third-order valence-electron chi connectivity index (χ3n) is 5.39. The minimum Gasteiger partial charge on any atom is -0.382 e. The molecule has 0 aromatic heterocycles. The third kappa shape index (κ3) is 7.04. The van der Waals surface area contributed by atoms with E-state index in [4.69, 9.17) is 9.47 Å². The molecule has 6 heteroatoms. The predicted molar refractivity (Wildman–Crippen MR) is 110 cm³/mol. The summed E-state index contributed by atoms with van der Waals surface area (Å²) in [5, 5.41) is 3.62. The molecule has 0 amide bonds. The maximum Gasteiger partial charge on any atom is 0.193 e. The lowest BCUT2D eigenvalue weighted by Crippen LogP contribution is -2.43. The molecule has 1 aliphatic heterocycles. The topological polar surface area (TPSA) is 46.1 Å². The quantitative estimate of drug-likeness (QED) is 0.279. The first-order valence-corrected chi connectivity index (χ1v) is 9.26. The number of nitrogens with zero attached hydrogens (tertiary/aromatic N) is 2. The summed E-state index contributed by atoms with van der Waals surface area (Å²) >= 11 is 0. The molecule has 24 heavy (non-hydrogen) atoms. The van der Waals surface area contributed by atoms with Gasteiger partial charge in [0.2, 0.25) is 0 Å². The van der Waals surface area contributed by atoms with Crippen LogP contribution in [0.2, 0.25) is 0 Å². The molecule has 1 saturated carbocycles. The number of aliphatic imine (C=N–C) groups is 1. The molecule has 1 heterocycles. The van der Waals surface area contributed by atoms with Crippen LogP contribution in [-0.2, 0) is 9.47 Å². The van der Waals surface area contributed by atoms with Crippen molar-refractivity contribution in [1.82, 2.24) is 10.2 Å². The molecule has 1 N–H and O–H groups in total. The van der Waals surface area contributed by atoms with E-state index in [0.29, 0.717) is 19.1 Å². The van der Waals surface area contributed by atoms with Gasteiger partial charge in [-0.1, -0.05) is 26.2 Å². The Morgan fingerprint density at radius 2 is 2.00 bits per heavy atom. The van der Waals surface area contributed by atoms with Gasteiger partial charge in [0, 0.05) is 39.7 Å². The highest BCUT2D eigenvalue weighted by Crippen LogP contribution is 2.29. The Bertz CT molecular complexity index is 368. The van der Waals surface area contributed by atoms with Crippen LogP contribution in [0.5, 0.6) is 0 Å². The molecule has 2 aliphatic rings. The number of hydrogen-bond donors (Lipinski definition) is 1. The van der Waals surface area contributed by atoms with Crippen molar-refractivity contribution in [3.05, 3.63) is 0 Å². The summed E-state index contributed by atoms with van der Waals surface area (Å²) < 4.78 is 10.7. The van der Waals surface area contributed by atoms with Crippen LogP contribution in [0.15, 0.2) is 4.99 Å². The van der Waals surface area contributed by atoms with Crippen LogP contribution in [0.25, 0.3) is 0 Å². The SMILES string of the molecule is CN=C(NCC1CCCCC1C)N1CCC(COCCOC)C1.I. The summed E-state index contributed by atoms with van der Waals surface area (Å²) in [6, 6.07) is 0. The van der Waals surface area contributed by atoms with E-state index >= 15 is 0 Å². The summed E-state index contributed by atoms with van der Waals surface area (Å²) in [6.07, 6.45) is 6.73. The van der Waals surface area contributed by atoms with Crippen molar-refractivity contribution in [3.63, 3.8) is 0 Å². The number of guanidine groups is 1. The standard InChI is InChI=1S/C18H35N3O2.HI/c1-15-6-4-5-7-17(15)12-20-18(19-2)21-9-8-16(13-21)14-23-11-10-22-3;/h15-17H,4-14H2,1-3H3,(H,19,20);1H. The molecule has 142 valence electrons. The zero-order valence-corrected chi connectivity index (χ0v) is 18.0. The summed E-state index contributed by atoms with van der Waals surface area (Å²) in [5.74, 6) is 3.33. The van der Waals surface area contributed by atoms with Gasteiger partial charge in [-0.3, -0.25) is 4.99 Å². The number of halogens is 1. The molecule has 1 saturated heterocycles. The second-order valence-corrected chi connectivity index (χ2v) is 7.12. The van der Waals surface area contributed by atoms with E-state index in [1.165, 1.54) is 32.1 Å². The Labute approximate surface area is 165 Å². The number of methoxy groups -OCH3 is 1. The van der Waals surface area contributed by atoms with Crippen LogP contribution in [-0.4, -0.2) is 64.5 Å². The summed E-state index contributed by atoms with van der Waals surface area (Å²) in [7, 11) is 3.61. The van der Waals surface area contributed by atoms with Gasteiger partial charge in [0.25, 0.3) is 0 Å². The number of ether oxygens (including phenoxy) is 2. The lowest BCUT2D eigenvalue weighted by Gasteiger charge is -2.30. The fraction of sp³-hybridized carbons (Fsp3) is 0.944. The van der Waals surface area contributed by atoms with Crippen molar-refractivity contribution in [2.24, 2.45) is 22.7 Å². The van der Waals surface area contributed by atoms with Gasteiger partial charge < -0.3 is 19.7 Å². The Morgan fingerprint density at radius 1 is 1.21 bits per heavy atom. The summed E-state index contributed by atoms with van der Waals surface area (Å²) in [5.41, 5.74) is 0. The van der Waals surface area contributed by atoms with Crippen LogP contribution < -0.4 is 5.32 Å². The normalized spacial score (nSPS) is 27.9. The Hall–Kier alpha value is -0.0800. The fourth-order valence-corrected chi connectivity index (χ4v) is 3.80. The first-order valence-electron chi connectivity index (χ1n) is 9.26. The zero-order chi connectivity index (χ0) is 16.5. The molecule has 3 atom stereocenters. The molecule has 2 fully saturated rings. The molecule has 0 aromatic rings. The fourth-order valence-electron chi connectivity index (χ4n) is 3.80. The Kier molecular flexibility index (Phi) is 11.3. The first-order chi connectivity index (χ1) is 11.2. The molecule has 2 rings (SSSR count). The van der Waals surface area contributed by atoms with Crippen molar-refractivity contribution in [1.29, 1.82) is 0 Å². The van der Waals surface area contributed by atoms with Gasteiger partial charge >= 0.3 is 0 Å². The van der Waals surface area contributed by atoms with Gasteiger partial charge in [0.05, 0.1) is 19.8 Å². The van der Waals surface area contributed by atoms with Gasteiger partial charge in [-0.15, -0.1) is 24.0 Å². The van der Waals surface area contributed by atoms with Crippen molar-refractivity contribution in [2.75, 3.05) is 53.6 Å². The van der Waals surface area contributed by atoms with Gasteiger partial charge in [0.15, 0.2) is 5.96 Å². The van der Waals surface area contributed by atoms with Crippen molar-refractivity contribution in [2.45, 2.75) is 39.0 Å². The van der Waals surface area contributed by atoms with Gasteiger partial charge in [0.1, 0.15) is 0 Å². The Balaban J connectivity index is 0.00000288. The minimum atomic E-state index is 0. The smallest absolute Gasteiger partial charge is 0.193 e. The van der Waals surface area contributed by atoms with E-state index in [9.17, 15) is 0 Å². The van der Waals surface area contributed by atoms with E-state index in [0.717, 1.165) is 44.0 Å². The highest BCUT2D eigenvalue weighted by molar-refractivity contribution is 14.0. The highest BCUT2D eigenvalue weighted by Gasteiger charge is 2.26. The van der Waals surface area contributed by atoms with Crippen LogP contribution in [0.4, 0.5) is 0 Å². The molecule has 0 aromatic carbocycles. The molecule has 0 spiro atoms. The predicted octanol–water partition coefficient (Wildman–Crippen LogP) is 2.99. The van der Waals surface area contributed by atoms with E-state index in [1.54, 1.807) is 7.11 Å². The maximum atomic E-state index is 5.68. The molecular weight excluding hydrogens is 417 g/mol. The van der Waals surface area contributed by atoms with Gasteiger partial charge in [-0.25, -0.2) is 0 Å². The zero-order valence-electron chi connectivity index (χ0n) is 15.6. The average Bonchev–Trinajstić information content (AvgIpc) is 3.02. The minimum absolute atomic E-state index is 0. The summed E-state index contributed by atoms with van der Waals surface area (Å²) in [6.45, 7) is 7.80. The monoisotopic (exact) mass is 453 g/mol. The van der Waals surface area contributed by atoms with E-state index in [-0.39, 0.29) is 24.0 Å². The number of nitrogens with one attached hydrogen (secondary N) is 1. The van der Waals surface area contributed by atoms with Crippen molar-refractivity contribution >= 4 is 29.9 Å². The number of hydrogen-bond acceptors (Lipinski definition) is 3. The molecule has 3 unspecified atom stereocenters. The molecule has 5 nitrogen and oxygen atoms in total. The number of rotatable bonds is 7. The van der Waals surface area contributed by atoms with Crippen LogP contribution in [0.3, 0.4) is 0 Å². The van der Waals surface area contributed by atoms with E-state index < -0.39 is 0 Å². The lowest BCUT2D eigenvalue weighted by atomic mass is 9.80. The maximum absolute atomic E-state index is 5.68. The second kappa shape index (κ2) is 12.3. The van der Waals surface area contributed by atoms with Gasteiger partial charge in [-0.05, 0) is 24.7 Å². The molecule has 1 aliphatic carbocycles. The third-order valence-corrected chi connectivity index (χ3v) is 5.39. The van der Waals surface area contributed by atoms with Crippen LogP contribution >= 0.6 is 24.0 Å². The number of likely N-dealkylation sites (tertiary alicyclic amines) is 1. The van der Waals surface area contributed by atoms with Crippen molar-refractivity contribution in [3.8, 4) is 0 Å². The van der Waals surface area contributed by atoms with Crippen molar-refractivity contribution < 1.29 is 9.47 Å². The summed E-state index contributed by atoms with van der Waals surface area (Å²) in [4.78, 5) is 6.88. The van der Waals surface area contributed by atoms with Crippen LogP contribution in [0.1, 0.15) is 39.0 Å². The van der Waals surface area contributed by atoms with Gasteiger partial charge in [-0.2, -0.15) is 0 Å². The highest BCUT2D eigenvalue weighted by atomic mass is 127. The molecule has 0 radical (unpaired) electrons. The first kappa shape index (κ1) is 22.0. The largest absolute Gasteiger partial charge is 0.382 e.